The van der Waals surface area contributed by atoms with Crippen LogP contribution in [-0.4, -0.2) is 21.5 Å². The number of carbonyl (C=O) groups is 2. The first kappa shape index (κ1) is 15.7. The van der Waals surface area contributed by atoms with E-state index in [0.29, 0.717) is 5.56 Å². The van der Waals surface area contributed by atoms with E-state index in [2.05, 4.69) is 10.4 Å². The van der Waals surface area contributed by atoms with E-state index in [0.717, 1.165) is 11.3 Å². The summed E-state index contributed by atoms with van der Waals surface area (Å²) in [4.78, 5) is 23.0. The minimum Gasteiger partial charge on any atom is -0.326 e. The van der Waals surface area contributed by atoms with Crippen LogP contribution in [0, 0.1) is 0 Å². The lowest BCUT2D eigenvalue weighted by atomic mass is 10.1. The first-order valence-electron chi connectivity index (χ1n) is 7.10. The van der Waals surface area contributed by atoms with Crippen molar-refractivity contribution >= 4 is 23.5 Å². The van der Waals surface area contributed by atoms with Crippen LogP contribution in [0.3, 0.4) is 0 Å². The second kappa shape index (κ2) is 6.85. The van der Waals surface area contributed by atoms with Crippen LogP contribution in [-0.2, 0) is 4.79 Å². The Morgan fingerprint density at radius 2 is 1.91 bits per heavy atom. The van der Waals surface area contributed by atoms with Crippen LogP contribution in [0.4, 0.5) is 5.69 Å². The Balaban J connectivity index is 2.04. The maximum Gasteiger partial charge on any atom is 0.221 e. The summed E-state index contributed by atoms with van der Waals surface area (Å²) in [5, 5.41) is 6.85. The van der Waals surface area contributed by atoms with Crippen LogP contribution in [0.1, 0.15) is 42.7 Å². The van der Waals surface area contributed by atoms with Crippen molar-refractivity contribution in [1.29, 1.82) is 0 Å². The lowest BCUT2D eigenvalue weighted by Gasteiger charge is -2.02. The number of hydrogen-bond donors (Lipinski definition) is 1. The standard InChI is InChI=1S/C17H19N3O2/c1-12(2)20-11-15(10-18-20)17(22)9-6-14-4-7-16(8-5-14)19-13(3)21/h4-12H,1-3H3,(H,19,21). The number of allylic oxidation sites excluding steroid dienone is 1. The second-order valence-corrected chi connectivity index (χ2v) is 5.30. The zero-order chi connectivity index (χ0) is 16.1. The minimum atomic E-state index is -0.111. The third kappa shape index (κ3) is 4.15. The van der Waals surface area contributed by atoms with Gasteiger partial charge in [-0.3, -0.25) is 14.3 Å². The lowest BCUT2D eigenvalue weighted by Crippen LogP contribution is -2.05. The van der Waals surface area contributed by atoms with Crippen molar-refractivity contribution in [1.82, 2.24) is 9.78 Å². The highest BCUT2D eigenvalue weighted by molar-refractivity contribution is 6.06. The molecule has 0 aliphatic carbocycles. The number of nitrogens with one attached hydrogen (secondary N) is 1. The fourth-order valence-electron chi connectivity index (χ4n) is 1.90. The van der Waals surface area contributed by atoms with Gasteiger partial charge in [-0.2, -0.15) is 5.10 Å². The van der Waals surface area contributed by atoms with Crippen LogP contribution >= 0.6 is 0 Å². The van der Waals surface area contributed by atoms with Crippen molar-refractivity contribution < 1.29 is 9.59 Å². The molecule has 5 nitrogen and oxygen atoms in total. The fraction of sp³-hybridized carbons (Fsp3) is 0.235. The molecule has 0 aliphatic heterocycles. The van der Waals surface area contributed by atoms with Gasteiger partial charge in [0, 0.05) is 24.8 Å². The topological polar surface area (TPSA) is 64.0 Å². The Labute approximate surface area is 129 Å². The van der Waals surface area contributed by atoms with Gasteiger partial charge in [0.05, 0.1) is 11.8 Å². The maximum absolute atomic E-state index is 12.1. The molecule has 114 valence electrons. The van der Waals surface area contributed by atoms with Gasteiger partial charge in [0.1, 0.15) is 0 Å². The molecule has 0 atom stereocenters. The normalized spacial score (nSPS) is 11.1. The molecule has 0 spiro atoms. The van der Waals surface area contributed by atoms with Gasteiger partial charge in [-0.05, 0) is 37.6 Å². The Morgan fingerprint density at radius 1 is 1.23 bits per heavy atom. The van der Waals surface area contributed by atoms with E-state index in [1.807, 2.05) is 26.0 Å². The molecule has 1 amide bonds. The summed E-state index contributed by atoms with van der Waals surface area (Å²) < 4.78 is 1.75. The number of anilines is 1. The molecule has 22 heavy (non-hydrogen) atoms. The Kier molecular flexibility index (Phi) is 4.88. The summed E-state index contributed by atoms with van der Waals surface area (Å²) >= 11 is 0. The largest absolute Gasteiger partial charge is 0.326 e. The quantitative estimate of drug-likeness (QED) is 0.680. The molecule has 0 fully saturated rings. The van der Waals surface area contributed by atoms with Crippen molar-refractivity contribution in [2.45, 2.75) is 26.8 Å². The van der Waals surface area contributed by atoms with Crippen molar-refractivity contribution in [3.05, 3.63) is 53.9 Å². The predicted octanol–water partition coefficient (Wildman–Crippen LogP) is 3.32. The van der Waals surface area contributed by atoms with Crippen molar-refractivity contribution in [3.8, 4) is 0 Å². The van der Waals surface area contributed by atoms with Gasteiger partial charge < -0.3 is 5.32 Å². The van der Waals surface area contributed by atoms with E-state index in [9.17, 15) is 9.59 Å². The molecule has 1 heterocycles. The van der Waals surface area contributed by atoms with Gasteiger partial charge in [-0.1, -0.05) is 18.2 Å². The first-order chi connectivity index (χ1) is 10.5. The number of aromatic nitrogens is 2. The molecule has 0 radical (unpaired) electrons. The molecule has 1 aromatic heterocycles. The number of benzene rings is 1. The number of amides is 1. The molecule has 0 bridgehead atoms. The van der Waals surface area contributed by atoms with Crippen molar-refractivity contribution in [3.63, 3.8) is 0 Å². The Morgan fingerprint density at radius 3 is 2.45 bits per heavy atom. The van der Waals surface area contributed by atoms with Gasteiger partial charge in [0.2, 0.25) is 5.91 Å². The lowest BCUT2D eigenvalue weighted by molar-refractivity contribution is -0.114. The molecule has 2 aromatic rings. The van der Waals surface area contributed by atoms with E-state index < -0.39 is 0 Å². The van der Waals surface area contributed by atoms with E-state index >= 15 is 0 Å². The highest BCUT2D eigenvalue weighted by Crippen LogP contribution is 2.12. The molecule has 1 N–H and O–H groups in total. The average Bonchev–Trinajstić information content (AvgIpc) is 2.96. The van der Waals surface area contributed by atoms with Crippen molar-refractivity contribution in [2.24, 2.45) is 0 Å². The third-order valence-electron chi connectivity index (χ3n) is 3.07. The van der Waals surface area contributed by atoms with Gasteiger partial charge in [0.15, 0.2) is 5.78 Å². The molecular weight excluding hydrogens is 278 g/mol. The minimum absolute atomic E-state index is 0.0853. The summed E-state index contributed by atoms with van der Waals surface area (Å²) in [6.45, 7) is 5.48. The average molecular weight is 297 g/mol. The second-order valence-electron chi connectivity index (χ2n) is 5.30. The number of nitrogens with zero attached hydrogens (tertiary/aromatic N) is 2. The van der Waals surface area contributed by atoms with Crippen LogP contribution in [0.15, 0.2) is 42.7 Å². The summed E-state index contributed by atoms with van der Waals surface area (Å²) in [7, 11) is 0. The molecule has 0 saturated heterocycles. The van der Waals surface area contributed by atoms with Crippen LogP contribution in [0.5, 0.6) is 0 Å². The van der Waals surface area contributed by atoms with E-state index in [1.165, 1.54) is 13.0 Å². The SMILES string of the molecule is CC(=O)Nc1ccc(C=CC(=O)c2cnn(C(C)C)c2)cc1. The Bertz CT molecular complexity index is 697. The zero-order valence-corrected chi connectivity index (χ0v) is 12.9. The Hall–Kier alpha value is -2.69. The third-order valence-corrected chi connectivity index (χ3v) is 3.07. The molecular formula is C17H19N3O2. The highest BCUT2D eigenvalue weighted by atomic mass is 16.1. The van der Waals surface area contributed by atoms with Crippen LogP contribution < -0.4 is 5.32 Å². The number of ketones is 1. The predicted molar refractivity (Wildman–Crippen MR) is 86.7 cm³/mol. The zero-order valence-electron chi connectivity index (χ0n) is 12.9. The van der Waals surface area contributed by atoms with Crippen molar-refractivity contribution in [2.75, 3.05) is 5.32 Å². The van der Waals surface area contributed by atoms with Gasteiger partial charge in [0.25, 0.3) is 0 Å². The molecule has 5 heteroatoms. The smallest absolute Gasteiger partial charge is 0.221 e. The van der Waals surface area contributed by atoms with E-state index in [-0.39, 0.29) is 17.7 Å². The summed E-state index contributed by atoms with van der Waals surface area (Å²) in [5.74, 6) is -0.196. The number of carbonyl (C=O) groups excluding carboxylic acids is 2. The summed E-state index contributed by atoms with van der Waals surface area (Å²) in [5.41, 5.74) is 2.19. The monoisotopic (exact) mass is 297 g/mol. The fourth-order valence-corrected chi connectivity index (χ4v) is 1.90. The van der Waals surface area contributed by atoms with E-state index in [1.54, 1.807) is 35.3 Å². The highest BCUT2D eigenvalue weighted by Gasteiger charge is 2.07. The molecule has 0 aliphatic rings. The first-order valence-corrected chi connectivity index (χ1v) is 7.10. The van der Waals surface area contributed by atoms with Crippen LogP contribution in [0.2, 0.25) is 0 Å². The maximum atomic E-state index is 12.1. The van der Waals surface area contributed by atoms with Crippen LogP contribution in [0.25, 0.3) is 6.08 Å². The number of rotatable bonds is 5. The molecule has 0 saturated carbocycles. The summed E-state index contributed by atoms with van der Waals surface area (Å²) in [6, 6.07) is 7.50. The van der Waals surface area contributed by atoms with Gasteiger partial charge in [-0.15, -0.1) is 0 Å². The number of hydrogen-bond acceptors (Lipinski definition) is 3. The van der Waals surface area contributed by atoms with Gasteiger partial charge >= 0.3 is 0 Å². The molecule has 0 unspecified atom stereocenters. The molecule has 1 aromatic carbocycles. The van der Waals surface area contributed by atoms with E-state index in [4.69, 9.17) is 0 Å². The summed E-state index contributed by atoms with van der Waals surface area (Å²) in [6.07, 6.45) is 6.59. The molecule has 2 rings (SSSR count). The van der Waals surface area contributed by atoms with Gasteiger partial charge in [-0.25, -0.2) is 0 Å².